The molecule has 4 aromatic rings. The fraction of sp³-hybridized carbons (Fsp3) is 0.176. The lowest BCUT2D eigenvalue weighted by Gasteiger charge is -2.05. The number of aromatic nitrogens is 4. The highest BCUT2D eigenvalue weighted by molar-refractivity contribution is 6.05. The highest BCUT2D eigenvalue weighted by Gasteiger charge is 2.16. The monoisotopic (exact) mass is 305 g/mol. The molecule has 6 nitrogen and oxygen atoms in total. The van der Waals surface area contributed by atoms with E-state index in [1.54, 1.807) is 18.7 Å². The Morgan fingerprint density at radius 1 is 1.13 bits per heavy atom. The molecule has 0 radical (unpaired) electrons. The summed E-state index contributed by atoms with van der Waals surface area (Å²) in [6.45, 7) is 4.63. The molecule has 0 fully saturated rings. The Morgan fingerprint density at radius 2 is 1.96 bits per heavy atom. The summed E-state index contributed by atoms with van der Waals surface area (Å²) >= 11 is 0. The molecule has 0 saturated carbocycles. The van der Waals surface area contributed by atoms with E-state index in [-0.39, 0.29) is 0 Å². The van der Waals surface area contributed by atoms with Crippen LogP contribution in [0.5, 0.6) is 0 Å². The van der Waals surface area contributed by atoms with Crippen molar-refractivity contribution in [2.24, 2.45) is 0 Å². The second-order valence-electron chi connectivity index (χ2n) is 5.47. The molecule has 0 unspecified atom stereocenters. The van der Waals surface area contributed by atoms with Gasteiger partial charge >= 0.3 is 0 Å². The summed E-state index contributed by atoms with van der Waals surface area (Å²) in [5.74, 6) is 0.668. The first-order valence-corrected chi connectivity index (χ1v) is 7.36. The molecule has 0 aliphatic rings. The third-order valence-electron chi connectivity index (χ3n) is 3.76. The highest BCUT2D eigenvalue weighted by atomic mass is 16.3. The van der Waals surface area contributed by atoms with Gasteiger partial charge in [0, 0.05) is 24.6 Å². The molecule has 0 aliphatic carbocycles. The molecule has 4 aromatic heterocycles. The fourth-order valence-corrected chi connectivity index (χ4v) is 2.72. The lowest BCUT2D eigenvalue weighted by Crippen LogP contribution is -2.01. The third-order valence-corrected chi connectivity index (χ3v) is 3.76. The van der Waals surface area contributed by atoms with Gasteiger partial charge in [-0.05, 0) is 43.2 Å². The van der Waals surface area contributed by atoms with Gasteiger partial charge in [-0.3, -0.25) is 4.98 Å². The number of nitrogens with one attached hydrogen (secondary N) is 1. The van der Waals surface area contributed by atoms with E-state index >= 15 is 0 Å². The predicted octanol–water partition coefficient (Wildman–Crippen LogP) is 3.39. The number of nitrogens with zero attached hydrogens (tertiary/aromatic N) is 4. The van der Waals surface area contributed by atoms with E-state index in [4.69, 9.17) is 4.42 Å². The van der Waals surface area contributed by atoms with E-state index in [1.807, 2.05) is 32.0 Å². The van der Waals surface area contributed by atoms with Crippen LogP contribution in [0.3, 0.4) is 0 Å². The smallest absolute Gasteiger partial charge is 0.229 e. The Hall–Kier alpha value is -3.02. The van der Waals surface area contributed by atoms with Gasteiger partial charge < -0.3 is 9.73 Å². The van der Waals surface area contributed by atoms with Crippen molar-refractivity contribution in [3.05, 3.63) is 53.7 Å². The number of furan rings is 1. The van der Waals surface area contributed by atoms with Crippen molar-refractivity contribution in [1.29, 1.82) is 0 Å². The van der Waals surface area contributed by atoms with Crippen LogP contribution in [0.4, 0.5) is 5.82 Å². The van der Waals surface area contributed by atoms with Gasteiger partial charge in [-0.1, -0.05) is 0 Å². The van der Waals surface area contributed by atoms with E-state index in [1.165, 1.54) is 0 Å². The van der Waals surface area contributed by atoms with Gasteiger partial charge in [-0.25, -0.2) is 15.0 Å². The van der Waals surface area contributed by atoms with E-state index in [0.29, 0.717) is 23.7 Å². The van der Waals surface area contributed by atoms with Gasteiger partial charge in [0.15, 0.2) is 11.4 Å². The zero-order valence-corrected chi connectivity index (χ0v) is 12.9. The second-order valence-corrected chi connectivity index (χ2v) is 5.47. The summed E-state index contributed by atoms with van der Waals surface area (Å²) < 4.78 is 5.92. The van der Waals surface area contributed by atoms with Crippen molar-refractivity contribution in [3.8, 4) is 0 Å². The number of hydrogen-bond donors (Lipinski definition) is 1. The van der Waals surface area contributed by atoms with Crippen molar-refractivity contribution in [2.75, 3.05) is 5.32 Å². The molecule has 4 rings (SSSR count). The quantitative estimate of drug-likeness (QED) is 0.625. The van der Waals surface area contributed by atoms with Gasteiger partial charge in [0.1, 0.15) is 11.8 Å². The Balaban J connectivity index is 1.80. The van der Waals surface area contributed by atoms with Crippen molar-refractivity contribution in [3.63, 3.8) is 0 Å². The topological polar surface area (TPSA) is 76.7 Å². The molecule has 4 heterocycles. The molecule has 0 aromatic carbocycles. The molecule has 0 saturated heterocycles. The van der Waals surface area contributed by atoms with Crippen LogP contribution in [-0.4, -0.2) is 19.9 Å². The molecule has 1 N–H and O–H groups in total. The maximum absolute atomic E-state index is 5.92. The maximum atomic E-state index is 5.92. The number of aryl methyl sites for hydroxylation is 2. The van der Waals surface area contributed by atoms with Gasteiger partial charge in [0.2, 0.25) is 5.71 Å². The standard InChI is InChI=1S/C17H15N5O/c1-10-7-11(2)22-17-13(10)14-15(23-17)16(21-9-20-14)19-8-12-3-5-18-6-4-12/h3-7,9H,8H2,1-2H3,(H,19,20,21). The number of anilines is 1. The van der Waals surface area contributed by atoms with Crippen LogP contribution in [0.2, 0.25) is 0 Å². The highest BCUT2D eigenvalue weighted by Crippen LogP contribution is 2.32. The SMILES string of the molecule is Cc1cc(C)c2c(n1)oc1c(NCc3ccncc3)ncnc12. The van der Waals surface area contributed by atoms with Gasteiger partial charge in [0.05, 0.1) is 5.39 Å². The minimum absolute atomic E-state index is 0.602. The van der Waals surface area contributed by atoms with Crippen LogP contribution in [-0.2, 0) is 6.54 Å². The lowest BCUT2D eigenvalue weighted by atomic mass is 10.1. The average Bonchev–Trinajstić information content (AvgIpc) is 2.92. The molecular weight excluding hydrogens is 290 g/mol. The molecule has 0 aliphatic heterocycles. The molecule has 114 valence electrons. The van der Waals surface area contributed by atoms with Crippen LogP contribution < -0.4 is 5.32 Å². The van der Waals surface area contributed by atoms with E-state index in [9.17, 15) is 0 Å². The fourth-order valence-electron chi connectivity index (χ4n) is 2.72. The molecular formula is C17H15N5O. The summed E-state index contributed by atoms with van der Waals surface area (Å²) in [4.78, 5) is 17.2. The van der Waals surface area contributed by atoms with Crippen LogP contribution in [0.25, 0.3) is 22.2 Å². The second kappa shape index (κ2) is 5.31. The largest absolute Gasteiger partial charge is 0.432 e. The van der Waals surface area contributed by atoms with E-state index in [0.717, 1.165) is 27.7 Å². The normalized spacial score (nSPS) is 11.2. The summed E-state index contributed by atoms with van der Waals surface area (Å²) in [7, 11) is 0. The summed E-state index contributed by atoms with van der Waals surface area (Å²) in [6, 6.07) is 5.95. The average molecular weight is 305 g/mol. The zero-order chi connectivity index (χ0) is 15.8. The minimum atomic E-state index is 0.602. The molecule has 0 bridgehead atoms. The summed E-state index contributed by atoms with van der Waals surface area (Å²) in [6.07, 6.45) is 5.08. The first-order valence-electron chi connectivity index (χ1n) is 7.36. The van der Waals surface area contributed by atoms with Gasteiger partial charge in [0.25, 0.3) is 0 Å². The van der Waals surface area contributed by atoms with Crippen LogP contribution >= 0.6 is 0 Å². The minimum Gasteiger partial charge on any atom is -0.432 e. The van der Waals surface area contributed by atoms with E-state index < -0.39 is 0 Å². The molecule has 0 atom stereocenters. The Morgan fingerprint density at radius 3 is 2.78 bits per heavy atom. The first kappa shape index (κ1) is 13.6. The number of rotatable bonds is 3. The van der Waals surface area contributed by atoms with Crippen LogP contribution in [0.1, 0.15) is 16.8 Å². The van der Waals surface area contributed by atoms with Gasteiger partial charge in [-0.15, -0.1) is 0 Å². The molecule has 23 heavy (non-hydrogen) atoms. The Labute approximate surface area is 132 Å². The maximum Gasteiger partial charge on any atom is 0.229 e. The predicted molar refractivity (Wildman–Crippen MR) is 88.1 cm³/mol. The number of pyridine rings is 2. The van der Waals surface area contributed by atoms with Crippen molar-refractivity contribution >= 4 is 28.0 Å². The molecule has 0 spiro atoms. The van der Waals surface area contributed by atoms with Gasteiger partial charge in [-0.2, -0.15) is 0 Å². The Bertz CT molecular complexity index is 994. The lowest BCUT2D eigenvalue weighted by molar-refractivity contribution is 0.650. The van der Waals surface area contributed by atoms with Crippen LogP contribution in [0.15, 0.2) is 41.3 Å². The van der Waals surface area contributed by atoms with Crippen LogP contribution in [0, 0.1) is 13.8 Å². The summed E-state index contributed by atoms with van der Waals surface area (Å²) in [5, 5.41) is 4.24. The van der Waals surface area contributed by atoms with Crippen molar-refractivity contribution in [2.45, 2.75) is 20.4 Å². The molecule has 0 amide bonds. The number of hydrogen-bond acceptors (Lipinski definition) is 6. The van der Waals surface area contributed by atoms with Crippen molar-refractivity contribution in [1.82, 2.24) is 19.9 Å². The third kappa shape index (κ3) is 2.38. The number of fused-ring (bicyclic) bond motifs is 3. The Kier molecular flexibility index (Phi) is 3.15. The van der Waals surface area contributed by atoms with E-state index in [2.05, 4.69) is 25.3 Å². The van der Waals surface area contributed by atoms with Crippen molar-refractivity contribution < 1.29 is 4.42 Å². The summed E-state index contributed by atoms with van der Waals surface area (Å²) in [5.41, 5.74) is 5.17. The first-order chi connectivity index (χ1) is 11.2. The zero-order valence-electron chi connectivity index (χ0n) is 12.9. The molecule has 6 heteroatoms.